The summed E-state index contributed by atoms with van der Waals surface area (Å²) in [6.45, 7) is 5.21. The zero-order valence-corrected chi connectivity index (χ0v) is 11.2. The number of nitrogens with zero attached hydrogens (tertiary/aromatic N) is 3. The third kappa shape index (κ3) is 3.21. The third-order valence-electron chi connectivity index (χ3n) is 2.56. The Morgan fingerprint density at radius 2 is 2.33 bits per heavy atom. The molecule has 1 aromatic heterocycles. The van der Waals surface area contributed by atoms with Crippen LogP contribution in [0.15, 0.2) is 5.16 Å². The second-order valence-corrected chi connectivity index (χ2v) is 5.03. The fourth-order valence-electron chi connectivity index (χ4n) is 1.65. The molecule has 8 heteroatoms. The molecular formula is C10H17N5O2S. The van der Waals surface area contributed by atoms with Crippen molar-refractivity contribution >= 4 is 17.7 Å². The summed E-state index contributed by atoms with van der Waals surface area (Å²) in [6.07, 6.45) is 1.20. The molecule has 0 radical (unpaired) electrons. The molecule has 1 aliphatic heterocycles. The highest BCUT2D eigenvalue weighted by atomic mass is 32.2. The molecule has 0 aromatic carbocycles. The molecule has 2 unspecified atom stereocenters. The molecule has 3 N–H and O–H groups in total. The maximum absolute atomic E-state index is 5.51. The summed E-state index contributed by atoms with van der Waals surface area (Å²) in [6, 6.07) is 0.287. The lowest BCUT2D eigenvalue weighted by molar-refractivity contribution is 0.127. The van der Waals surface area contributed by atoms with Gasteiger partial charge < -0.3 is 9.47 Å². The van der Waals surface area contributed by atoms with E-state index >= 15 is 0 Å². The highest BCUT2D eigenvalue weighted by molar-refractivity contribution is 7.99. The molecule has 1 aliphatic rings. The summed E-state index contributed by atoms with van der Waals surface area (Å²) in [4.78, 5) is 12.4. The van der Waals surface area contributed by atoms with Crippen LogP contribution in [0.4, 0.5) is 5.95 Å². The van der Waals surface area contributed by atoms with Gasteiger partial charge in [-0.1, -0.05) is 11.8 Å². The molecule has 0 aliphatic carbocycles. The van der Waals surface area contributed by atoms with Crippen LogP contribution in [-0.4, -0.2) is 39.5 Å². The molecule has 100 valence electrons. The first-order chi connectivity index (χ1) is 8.72. The fourth-order valence-corrected chi connectivity index (χ4v) is 2.68. The average Bonchev–Trinajstić information content (AvgIpc) is 2.75. The largest absolute Gasteiger partial charge is 0.464 e. The van der Waals surface area contributed by atoms with Gasteiger partial charge in [-0.05, 0) is 20.3 Å². The van der Waals surface area contributed by atoms with Crippen LogP contribution in [0.1, 0.15) is 20.3 Å². The van der Waals surface area contributed by atoms with E-state index in [2.05, 4.69) is 27.3 Å². The summed E-state index contributed by atoms with van der Waals surface area (Å²) < 4.78 is 10.8. The van der Waals surface area contributed by atoms with Gasteiger partial charge in [0, 0.05) is 11.9 Å². The van der Waals surface area contributed by atoms with E-state index in [1.807, 2.05) is 6.92 Å². The molecule has 1 fully saturated rings. The average molecular weight is 271 g/mol. The number of rotatable bonds is 5. The van der Waals surface area contributed by atoms with Crippen LogP contribution < -0.4 is 16.0 Å². The van der Waals surface area contributed by atoms with Crippen molar-refractivity contribution in [2.45, 2.75) is 36.8 Å². The van der Waals surface area contributed by atoms with Crippen LogP contribution in [-0.2, 0) is 4.74 Å². The first kappa shape index (κ1) is 13.3. The van der Waals surface area contributed by atoms with Gasteiger partial charge in [-0.2, -0.15) is 15.0 Å². The molecule has 7 nitrogen and oxygen atoms in total. The molecule has 18 heavy (non-hydrogen) atoms. The Morgan fingerprint density at radius 1 is 1.50 bits per heavy atom. The molecule has 2 atom stereocenters. The van der Waals surface area contributed by atoms with Gasteiger partial charge in [-0.3, -0.25) is 5.43 Å². The predicted molar refractivity (Wildman–Crippen MR) is 68.5 cm³/mol. The molecule has 0 spiro atoms. The van der Waals surface area contributed by atoms with E-state index in [1.54, 1.807) is 11.8 Å². The van der Waals surface area contributed by atoms with Crippen molar-refractivity contribution in [3.63, 3.8) is 0 Å². The summed E-state index contributed by atoms with van der Waals surface area (Å²) in [5, 5.41) is 0.955. The van der Waals surface area contributed by atoms with Gasteiger partial charge in [0.05, 0.1) is 12.7 Å². The van der Waals surface area contributed by atoms with Crippen molar-refractivity contribution in [2.75, 3.05) is 18.6 Å². The molecule has 2 rings (SSSR count). The normalized spacial score (nSPS) is 23.1. The zero-order chi connectivity index (χ0) is 13.0. The van der Waals surface area contributed by atoms with Crippen LogP contribution in [0.2, 0.25) is 0 Å². The monoisotopic (exact) mass is 271 g/mol. The first-order valence-corrected chi connectivity index (χ1v) is 6.74. The number of nitrogen functional groups attached to an aromatic ring is 1. The van der Waals surface area contributed by atoms with Crippen LogP contribution in [0.25, 0.3) is 0 Å². The lowest BCUT2D eigenvalue weighted by Gasteiger charge is -2.13. The highest BCUT2D eigenvalue weighted by Crippen LogP contribution is 2.31. The Balaban J connectivity index is 2.12. The summed E-state index contributed by atoms with van der Waals surface area (Å²) in [5.41, 5.74) is 2.42. The Bertz CT molecular complexity index is 406. The van der Waals surface area contributed by atoms with Gasteiger partial charge in [-0.25, -0.2) is 5.84 Å². The minimum absolute atomic E-state index is 0.205. The topological polar surface area (TPSA) is 95.2 Å². The second kappa shape index (κ2) is 6.17. The fraction of sp³-hybridized carbons (Fsp3) is 0.700. The van der Waals surface area contributed by atoms with E-state index in [9.17, 15) is 0 Å². The third-order valence-corrected chi connectivity index (χ3v) is 3.88. The lowest BCUT2D eigenvalue weighted by atomic mass is 10.3. The molecule has 0 amide bonds. The van der Waals surface area contributed by atoms with Gasteiger partial charge in [0.1, 0.15) is 0 Å². The molecule has 1 saturated heterocycles. The highest BCUT2D eigenvalue weighted by Gasteiger charge is 2.26. The minimum Gasteiger partial charge on any atom is -0.464 e. The first-order valence-electron chi connectivity index (χ1n) is 5.86. The molecule has 0 bridgehead atoms. The van der Waals surface area contributed by atoms with Gasteiger partial charge in [0.2, 0.25) is 5.95 Å². The van der Waals surface area contributed by atoms with Crippen LogP contribution in [0.3, 0.4) is 0 Å². The van der Waals surface area contributed by atoms with Crippen LogP contribution in [0.5, 0.6) is 6.01 Å². The minimum atomic E-state index is 0.205. The number of nitrogens with two attached hydrogens (primary N) is 1. The van der Waals surface area contributed by atoms with Gasteiger partial charge in [0.15, 0.2) is 5.16 Å². The summed E-state index contributed by atoms with van der Waals surface area (Å²) in [7, 11) is 0. The Hall–Kier alpha value is -1.12. The van der Waals surface area contributed by atoms with E-state index < -0.39 is 0 Å². The van der Waals surface area contributed by atoms with Crippen molar-refractivity contribution in [1.82, 2.24) is 15.0 Å². The van der Waals surface area contributed by atoms with E-state index in [1.165, 1.54) is 0 Å². The van der Waals surface area contributed by atoms with Crippen molar-refractivity contribution < 1.29 is 9.47 Å². The van der Waals surface area contributed by atoms with Gasteiger partial charge in [0.25, 0.3) is 0 Å². The van der Waals surface area contributed by atoms with E-state index in [-0.39, 0.29) is 12.1 Å². The maximum atomic E-state index is 5.51. The number of hydrogen-bond donors (Lipinski definition) is 2. The number of ether oxygens (including phenoxy) is 2. The molecule has 0 saturated carbocycles. The smallest absolute Gasteiger partial charge is 0.322 e. The maximum Gasteiger partial charge on any atom is 0.322 e. The molecule has 1 aromatic rings. The SMILES string of the molecule is CCOc1nc(NN)nc(SC2CCOC2C)n1. The van der Waals surface area contributed by atoms with Crippen molar-refractivity contribution in [1.29, 1.82) is 0 Å². The number of nitrogens with one attached hydrogen (secondary N) is 1. The van der Waals surface area contributed by atoms with Crippen LogP contribution in [0, 0.1) is 0 Å². The molecule has 2 heterocycles. The number of anilines is 1. The van der Waals surface area contributed by atoms with E-state index in [4.69, 9.17) is 15.3 Å². The lowest BCUT2D eigenvalue weighted by Crippen LogP contribution is -2.16. The zero-order valence-electron chi connectivity index (χ0n) is 10.4. The van der Waals surface area contributed by atoms with Crippen molar-refractivity contribution in [3.05, 3.63) is 0 Å². The van der Waals surface area contributed by atoms with E-state index in [0.29, 0.717) is 23.0 Å². The summed E-state index contributed by atoms with van der Waals surface area (Å²) >= 11 is 1.57. The summed E-state index contributed by atoms with van der Waals surface area (Å²) in [5.74, 6) is 5.63. The predicted octanol–water partition coefficient (Wildman–Crippen LogP) is 0.825. The van der Waals surface area contributed by atoms with E-state index in [0.717, 1.165) is 13.0 Å². The van der Waals surface area contributed by atoms with Gasteiger partial charge >= 0.3 is 6.01 Å². The Morgan fingerprint density at radius 3 is 2.94 bits per heavy atom. The Labute approximate surface area is 110 Å². The Kier molecular flexibility index (Phi) is 4.56. The van der Waals surface area contributed by atoms with Crippen molar-refractivity contribution in [2.24, 2.45) is 5.84 Å². The van der Waals surface area contributed by atoms with Crippen LogP contribution >= 0.6 is 11.8 Å². The standard InChI is InChI=1S/C10H17N5O2S/c1-3-16-9-12-8(15-11)13-10(14-9)18-7-4-5-17-6(7)2/h6-7H,3-5,11H2,1-2H3,(H,12,13,14,15). The quantitative estimate of drug-likeness (QED) is 0.600. The number of hydrazine groups is 1. The second-order valence-electron chi connectivity index (χ2n) is 3.82. The number of hydrogen-bond acceptors (Lipinski definition) is 8. The number of aromatic nitrogens is 3. The van der Waals surface area contributed by atoms with Gasteiger partial charge in [-0.15, -0.1) is 0 Å². The number of thioether (sulfide) groups is 1. The van der Waals surface area contributed by atoms with Crippen molar-refractivity contribution in [3.8, 4) is 6.01 Å². The molecular weight excluding hydrogens is 254 g/mol.